The Labute approximate surface area is 203 Å². The van der Waals surface area contributed by atoms with Crippen LogP contribution in [0.15, 0.2) is 54.3 Å². The molecule has 0 radical (unpaired) electrons. The zero-order valence-electron chi connectivity index (χ0n) is 11.1. The van der Waals surface area contributed by atoms with Crippen LogP contribution < -0.4 is 65.3 Å². The van der Waals surface area contributed by atoms with Gasteiger partial charge in [-0.15, -0.1) is 0 Å². The van der Waals surface area contributed by atoms with Crippen molar-refractivity contribution in [3.63, 3.8) is 0 Å². The van der Waals surface area contributed by atoms with Gasteiger partial charge in [0, 0.05) is 8.95 Å². The molecule has 0 atom stereocenters. The smallest absolute Gasteiger partial charge is 0.736 e. The topological polar surface area (TPSA) is 58.6 Å². The Hall–Kier alpha value is 1.79. The molecular formula is C12H6Br4KO4P. The van der Waals surface area contributed by atoms with Crippen LogP contribution >= 0.6 is 71.5 Å². The quantitative estimate of drug-likeness (QED) is 0.399. The van der Waals surface area contributed by atoms with Gasteiger partial charge in [-0.3, -0.25) is 0 Å². The third-order valence-corrected chi connectivity index (χ3v) is 5.27. The summed E-state index contributed by atoms with van der Waals surface area (Å²) in [5.74, 6) is 0.287. The zero-order valence-corrected chi connectivity index (χ0v) is 21.4. The Morgan fingerprint density at radius 3 is 1.50 bits per heavy atom. The SMILES string of the molecule is O=P([O-])(Oc1ccc(Br)cc1Br)Oc1ccc(Br)cc1Br.[K+]. The standard InChI is InChI=1S/C12H7Br4O4P.K/c13-7-1-3-11(9(15)5-7)19-21(17,18)20-12-4-2-8(14)6-10(12)16;/h1-6H,(H,17,18);/q;+1/p-1. The van der Waals surface area contributed by atoms with Crippen molar-refractivity contribution < 1.29 is 69.9 Å². The van der Waals surface area contributed by atoms with Crippen molar-refractivity contribution in [1.82, 2.24) is 0 Å². The molecule has 2 aromatic carbocycles. The average molecular weight is 604 g/mol. The largest absolute Gasteiger partial charge is 1.00 e. The maximum Gasteiger partial charge on any atom is 1.00 e. The van der Waals surface area contributed by atoms with Gasteiger partial charge in [-0.1, -0.05) is 31.9 Å². The molecule has 2 rings (SSSR count). The summed E-state index contributed by atoms with van der Waals surface area (Å²) in [6.45, 7) is 0. The summed E-state index contributed by atoms with van der Waals surface area (Å²) in [5.41, 5.74) is 0. The molecule has 0 spiro atoms. The summed E-state index contributed by atoms with van der Waals surface area (Å²) in [7, 11) is -4.56. The first-order valence-corrected chi connectivity index (χ1v) is 10.0. The predicted octanol–water partition coefficient (Wildman–Crippen LogP) is 2.67. The van der Waals surface area contributed by atoms with E-state index in [1.807, 2.05) is 0 Å². The molecule has 22 heavy (non-hydrogen) atoms. The molecular weight excluding hydrogens is 598 g/mol. The van der Waals surface area contributed by atoms with E-state index in [0.717, 1.165) is 8.95 Å². The molecule has 0 aliphatic heterocycles. The number of phosphoric ester groups is 1. The van der Waals surface area contributed by atoms with Crippen LogP contribution in [0.25, 0.3) is 0 Å². The van der Waals surface area contributed by atoms with E-state index in [9.17, 15) is 9.46 Å². The Balaban J connectivity index is 0.00000242. The maximum atomic E-state index is 12.0. The third-order valence-electron chi connectivity index (χ3n) is 2.21. The Morgan fingerprint density at radius 2 is 1.18 bits per heavy atom. The Kier molecular flexibility index (Phi) is 9.40. The summed E-state index contributed by atoms with van der Waals surface area (Å²) in [6.07, 6.45) is 0. The van der Waals surface area contributed by atoms with E-state index in [1.165, 1.54) is 12.1 Å². The van der Waals surface area contributed by atoms with Gasteiger partial charge in [-0.05, 0) is 68.3 Å². The number of phosphoric acid groups is 1. The second-order valence-electron chi connectivity index (χ2n) is 3.78. The summed E-state index contributed by atoms with van der Waals surface area (Å²) < 4.78 is 24.4. The number of benzene rings is 2. The van der Waals surface area contributed by atoms with Crippen molar-refractivity contribution in [2.45, 2.75) is 0 Å². The van der Waals surface area contributed by atoms with E-state index in [1.54, 1.807) is 24.3 Å². The van der Waals surface area contributed by atoms with Gasteiger partial charge in [-0.25, -0.2) is 4.57 Å². The van der Waals surface area contributed by atoms with Gasteiger partial charge in [0.05, 0.1) is 8.95 Å². The van der Waals surface area contributed by atoms with Gasteiger partial charge in [-0.2, -0.15) is 0 Å². The zero-order chi connectivity index (χ0) is 15.6. The number of hydrogen-bond acceptors (Lipinski definition) is 4. The molecule has 0 amide bonds. The second-order valence-corrected chi connectivity index (χ2v) is 8.58. The normalized spacial score (nSPS) is 10.8. The van der Waals surface area contributed by atoms with Crippen molar-refractivity contribution in [2.75, 3.05) is 0 Å². The minimum Gasteiger partial charge on any atom is -0.736 e. The van der Waals surface area contributed by atoms with E-state index in [0.29, 0.717) is 8.95 Å². The van der Waals surface area contributed by atoms with E-state index >= 15 is 0 Å². The molecule has 0 heterocycles. The van der Waals surface area contributed by atoms with E-state index in [2.05, 4.69) is 63.7 Å². The molecule has 10 heteroatoms. The van der Waals surface area contributed by atoms with E-state index < -0.39 is 7.82 Å². The van der Waals surface area contributed by atoms with Gasteiger partial charge in [0.15, 0.2) is 0 Å². The summed E-state index contributed by atoms with van der Waals surface area (Å²) in [5, 5.41) is 0. The minimum atomic E-state index is -4.56. The molecule has 0 N–H and O–H groups in total. The molecule has 0 unspecified atom stereocenters. The van der Waals surface area contributed by atoms with Crippen LogP contribution in [0.5, 0.6) is 11.5 Å². The predicted molar refractivity (Wildman–Crippen MR) is 92.5 cm³/mol. The number of rotatable bonds is 4. The molecule has 0 saturated heterocycles. The molecule has 0 fully saturated rings. The molecule has 0 saturated carbocycles. The van der Waals surface area contributed by atoms with Crippen molar-refractivity contribution >= 4 is 71.5 Å². The van der Waals surface area contributed by atoms with Gasteiger partial charge in [0.25, 0.3) is 0 Å². The first kappa shape index (κ1) is 21.8. The Morgan fingerprint density at radius 1 is 0.818 bits per heavy atom. The van der Waals surface area contributed by atoms with Crippen LogP contribution in [0.1, 0.15) is 0 Å². The summed E-state index contributed by atoms with van der Waals surface area (Å²) in [4.78, 5) is 12.0. The first-order chi connectivity index (χ1) is 9.77. The van der Waals surface area contributed by atoms with Crippen molar-refractivity contribution in [3.05, 3.63) is 54.3 Å². The fourth-order valence-electron chi connectivity index (χ4n) is 1.36. The second kappa shape index (κ2) is 9.47. The fourth-order valence-corrected chi connectivity index (χ4v) is 4.70. The van der Waals surface area contributed by atoms with Crippen molar-refractivity contribution in [1.29, 1.82) is 0 Å². The monoisotopic (exact) mass is 600 g/mol. The maximum absolute atomic E-state index is 12.0. The van der Waals surface area contributed by atoms with E-state index in [-0.39, 0.29) is 62.9 Å². The van der Waals surface area contributed by atoms with E-state index in [4.69, 9.17) is 9.05 Å². The summed E-state index contributed by atoms with van der Waals surface area (Å²) >= 11 is 13.0. The average Bonchev–Trinajstić information content (AvgIpc) is 2.36. The van der Waals surface area contributed by atoms with Gasteiger partial charge in [0.1, 0.15) is 11.5 Å². The molecule has 0 aliphatic rings. The van der Waals surface area contributed by atoms with Gasteiger partial charge >= 0.3 is 59.2 Å². The van der Waals surface area contributed by atoms with Crippen LogP contribution in [0.3, 0.4) is 0 Å². The molecule has 4 nitrogen and oxygen atoms in total. The van der Waals surface area contributed by atoms with Crippen LogP contribution in [-0.2, 0) is 4.57 Å². The molecule has 0 aliphatic carbocycles. The van der Waals surface area contributed by atoms with Gasteiger partial charge in [0.2, 0.25) is 0 Å². The first-order valence-electron chi connectivity index (χ1n) is 5.37. The van der Waals surface area contributed by atoms with Crippen molar-refractivity contribution in [3.8, 4) is 11.5 Å². The van der Waals surface area contributed by atoms with Crippen LogP contribution in [-0.4, -0.2) is 0 Å². The molecule has 0 aromatic heterocycles. The number of hydrogen-bond donors (Lipinski definition) is 0. The van der Waals surface area contributed by atoms with Crippen LogP contribution in [0.2, 0.25) is 0 Å². The molecule has 0 bridgehead atoms. The van der Waals surface area contributed by atoms with Crippen LogP contribution in [0.4, 0.5) is 0 Å². The van der Waals surface area contributed by atoms with Gasteiger partial charge < -0.3 is 13.9 Å². The molecule has 2 aromatic rings. The van der Waals surface area contributed by atoms with Crippen LogP contribution in [0, 0.1) is 0 Å². The van der Waals surface area contributed by atoms with Crippen molar-refractivity contribution in [2.24, 2.45) is 0 Å². The Bertz CT molecular complexity index is 671. The minimum absolute atomic E-state index is 0. The third kappa shape index (κ3) is 6.59. The summed E-state index contributed by atoms with van der Waals surface area (Å²) in [6, 6.07) is 9.69. The fraction of sp³-hybridized carbons (Fsp3) is 0. The molecule has 112 valence electrons. The number of halogens is 4.